The van der Waals surface area contributed by atoms with Crippen molar-refractivity contribution in [1.29, 1.82) is 0 Å². The first-order valence-electron chi connectivity index (χ1n) is 4.44. The van der Waals surface area contributed by atoms with Crippen LogP contribution in [-0.2, 0) is 19.1 Å². The van der Waals surface area contributed by atoms with Gasteiger partial charge < -0.3 is 9.47 Å². The largest absolute Gasteiger partial charge is 0.469 e. The van der Waals surface area contributed by atoms with Crippen molar-refractivity contribution in [3.05, 3.63) is 12.7 Å². The van der Waals surface area contributed by atoms with Crippen LogP contribution in [0.1, 0.15) is 6.42 Å². The lowest BCUT2D eigenvalue weighted by Gasteiger charge is -2.38. The Bertz CT molecular complexity index is 259. The van der Waals surface area contributed by atoms with Gasteiger partial charge in [0.2, 0.25) is 0 Å². The molecule has 1 rings (SSSR count). The van der Waals surface area contributed by atoms with Crippen molar-refractivity contribution in [2.24, 2.45) is 17.8 Å². The summed E-state index contributed by atoms with van der Waals surface area (Å²) in [6.45, 7) is 3.61. The summed E-state index contributed by atoms with van der Waals surface area (Å²) in [5.74, 6) is -1.46. The second kappa shape index (κ2) is 4.26. The molecule has 0 spiro atoms. The molecule has 4 nitrogen and oxygen atoms in total. The van der Waals surface area contributed by atoms with Crippen LogP contribution in [0.25, 0.3) is 0 Å². The zero-order valence-electron chi connectivity index (χ0n) is 8.36. The van der Waals surface area contributed by atoms with Crippen molar-refractivity contribution in [3.8, 4) is 0 Å². The van der Waals surface area contributed by atoms with Crippen LogP contribution in [0.5, 0.6) is 0 Å². The van der Waals surface area contributed by atoms with Crippen molar-refractivity contribution in [2.75, 3.05) is 14.2 Å². The van der Waals surface area contributed by atoms with Crippen LogP contribution in [0.3, 0.4) is 0 Å². The maximum absolute atomic E-state index is 11.3. The Morgan fingerprint density at radius 2 is 1.86 bits per heavy atom. The lowest BCUT2D eigenvalue weighted by atomic mass is 9.64. The van der Waals surface area contributed by atoms with Gasteiger partial charge in [-0.2, -0.15) is 0 Å². The van der Waals surface area contributed by atoms with Gasteiger partial charge in [-0.05, 0) is 12.3 Å². The second-order valence-corrected chi connectivity index (χ2v) is 3.31. The summed E-state index contributed by atoms with van der Waals surface area (Å²) in [5, 5.41) is 0. The van der Waals surface area contributed by atoms with E-state index in [1.165, 1.54) is 14.2 Å². The molecule has 0 amide bonds. The summed E-state index contributed by atoms with van der Waals surface area (Å²) in [6, 6.07) is 0. The van der Waals surface area contributed by atoms with Crippen LogP contribution in [-0.4, -0.2) is 26.2 Å². The third-order valence-corrected chi connectivity index (χ3v) is 2.70. The maximum Gasteiger partial charge on any atom is 0.310 e. The van der Waals surface area contributed by atoms with Gasteiger partial charge in [0.1, 0.15) is 0 Å². The number of esters is 2. The summed E-state index contributed by atoms with van der Waals surface area (Å²) in [7, 11) is 2.63. The van der Waals surface area contributed by atoms with Gasteiger partial charge in [0, 0.05) is 0 Å². The molecular weight excluding hydrogens is 184 g/mol. The van der Waals surface area contributed by atoms with Crippen LogP contribution in [0.4, 0.5) is 0 Å². The molecule has 78 valence electrons. The molecule has 0 radical (unpaired) electrons. The summed E-state index contributed by atoms with van der Waals surface area (Å²) in [6.07, 6.45) is 2.30. The molecule has 0 saturated heterocycles. The summed E-state index contributed by atoms with van der Waals surface area (Å²) in [4.78, 5) is 22.5. The Morgan fingerprint density at radius 1 is 1.29 bits per heavy atom. The van der Waals surface area contributed by atoms with Crippen LogP contribution in [0, 0.1) is 17.8 Å². The predicted molar refractivity (Wildman–Crippen MR) is 49.3 cm³/mol. The summed E-state index contributed by atoms with van der Waals surface area (Å²) in [5.41, 5.74) is 0. The number of hydrogen-bond donors (Lipinski definition) is 0. The van der Waals surface area contributed by atoms with Crippen molar-refractivity contribution < 1.29 is 19.1 Å². The van der Waals surface area contributed by atoms with E-state index < -0.39 is 5.92 Å². The van der Waals surface area contributed by atoms with E-state index >= 15 is 0 Å². The van der Waals surface area contributed by atoms with E-state index in [4.69, 9.17) is 0 Å². The topological polar surface area (TPSA) is 52.6 Å². The van der Waals surface area contributed by atoms with Gasteiger partial charge in [-0.1, -0.05) is 6.08 Å². The van der Waals surface area contributed by atoms with E-state index in [9.17, 15) is 9.59 Å². The fraction of sp³-hybridized carbons (Fsp3) is 0.600. The van der Waals surface area contributed by atoms with Crippen molar-refractivity contribution >= 4 is 11.9 Å². The van der Waals surface area contributed by atoms with E-state index in [-0.39, 0.29) is 23.8 Å². The molecule has 0 aromatic rings. The highest BCUT2D eigenvalue weighted by molar-refractivity contribution is 5.84. The van der Waals surface area contributed by atoms with Crippen LogP contribution in [0.2, 0.25) is 0 Å². The molecule has 0 N–H and O–H groups in total. The predicted octanol–water partition coefficient (Wildman–Crippen LogP) is 0.771. The molecule has 1 aliphatic carbocycles. The van der Waals surface area contributed by atoms with Gasteiger partial charge in [-0.25, -0.2) is 0 Å². The van der Waals surface area contributed by atoms with Crippen LogP contribution < -0.4 is 0 Å². The molecule has 1 fully saturated rings. The average Bonchev–Trinajstić information content (AvgIpc) is 2.16. The maximum atomic E-state index is 11.3. The van der Waals surface area contributed by atoms with Gasteiger partial charge in [0.25, 0.3) is 0 Å². The fourth-order valence-corrected chi connectivity index (χ4v) is 1.80. The highest BCUT2D eigenvalue weighted by atomic mass is 16.5. The minimum absolute atomic E-state index is 0.0338. The third kappa shape index (κ3) is 1.64. The Morgan fingerprint density at radius 3 is 2.29 bits per heavy atom. The Labute approximate surface area is 82.9 Å². The number of hydrogen-bond acceptors (Lipinski definition) is 4. The second-order valence-electron chi connectivity index (χ2n) is 3.31. The molecule has 3 unspecified atom stereocenters. The third-order valence-electron chi connectivity index (χ3n) is 2.70. The van der Waals surface area contributed by atoms with Crippen molar-refractivity contribution in [2.45, 2.75) is 6.42 Å². The number of ether oxygens (including phenoxy) is 2. The Hall–Kier alpha value is -1.32. The van der Waals surface area contributed by atoms with E-state index in [0.29, 0.717) is 6.42 Å². The number of allylic oxidation sites excluding steroid dienone is 1. The molecule has 14 heavy (non-hydrogen) atoms. The molecule has 0 bridgehead atoms. The number of methoxy groups -OCH3 is 2. The number of rotatable bonds is 3. The molecule has 0 aliphatic heterocycles. The number of carbonyl (C=O) groups is 2. The molecule has 0 heterocycles. The molecule has 0 aromatic heterocycles. The SMILES string of the molecule is C=CC1CC(C(=O)OC)C1C(=O)OC. The lowest BCUT2D eigenvalue weighted by molar-refractivity contribution is -0.167. The fourth-order valence-electron chi connectivity index (χ4n) is 1.80. The highest BCUT2D eigenvalue weighted by Crippen LogP contribution is 2.42. The van der Waals surface area contributed by atoms with Gasteiger partial charge in [0.05, 0.1) is 26.1 Å². The van der Waals surface area contributed by atoms with E-state index in [2.05, 4.69) is 16.1 Å². The first-order chi connectivity index (χ1) is 6.65. The van der Waals surface area contributed by atoms with Crippen LogP contribution in [0.15, 0.2) is 12.7 Å². The van der Waals surface area contributed by atoms with Gasteiger partial charge >= 0.3 is 11.9 Å². The average molecular weight is 198 g/mol. The monoisotopic (exact) mass is 198 g/mol. The molecule has 3 atom stereocenters. The molecule has 4 heteroatoms. The van der Waals surface area contributed by atoms with E-state index in [1.54, 1.807) is 6.08 Å². The van der Waals surface area contributed by atoms with Crippen molar-refractivity contribution in [1.82, 2.24) is 0 Å². The van der Waals surface area contributed by atoms with E-state index in [1.807, 2.05) is 0 Å². The minimum Gasteiger partial charge on any atom is -0.469 e. The minimum atomic E-state index is -0.412. The van der Waals surface area contributed by atoms with Crippen molar-refractivity contribution in [3.63, 3.8) is 0 Å². The zero-order chi connectivity index (χ0) is 10.7. The first kappa shape index (κ1) is 10.8. The van der Waals surface area contributed by atoms with Gasteiger partial charge in [-0.15, -0.1) is 6.58 Å². The van der Waals surface area contributed by atoms with Crippen LogP contribution >= 0.6 is 0 Å². The standard InChI is InChI=1S/C10H14O4/c1-4-6-5-7(9(11)13-2)8(6)10(12)14-3/h4,6-8H,1,5H2,2-3H3. The molecule has 0 aromatic carbocycles. The normalized spacial score (nSPS) is 30.0. The molecular formula is C10H14O4. The molecule has 1 saturated carbocycles. The zero-order valence-corrected chi connectivity index (χ0v) is 8.36. The summed E-state index contributed by atoms with van der Waals surface area (Å²) >= 11 is 0. The van der Waals surface area contributed by atoms with Gasteiger partial charge in [0.15, 0.2) is 0 Å². The first-order valence-corrected chi connectivity index (χ1v) is 4.44. The Balaban J connectivity index is 2.69. The smallest absolute Gasteiger partial charge is 0.310 e. The quantitative estimate of drug-likeness (QED) is 0.496. The highest BCUT2D eigenvalue weighted by Gasteiger charge is 2.49. The lowest BCUT2D eigenvalue weighted by Crippen LogP contribution is -2.46. The number of carbonyl (C=O) groups excluding carboxylic acids is 2. The Kier molecular flexibility index (Phi) is 3.28. The summed E-state index contributed by atoms with van der Waals surface area (Å²) < 4.78 is 9.21. The van der Waals surface area contributed by atoms with Gasteiger partial charge in [-0.3, -0.25) is 9.59 Å². The molecule has 1 aliphatic rings. The van der Waals surface area contributed by atoms with E-state index in [0.717, 1.165) is 0 Å².